The van der Waals surface area contributed by atoms with Gasteiger partial charge in [0, 0.05) is 41.8 Å². The molecular weight excluding hydrogens is 626 g/mol. The lowest BCUT2D eigenvalue weighted by Gasteiger charge is -2.41. The first-order valence-electron chi connectivity index (χ1n) is 14.4. The van der Waals surface area contributed by atoms with Crippen molar-refractivity contribution in [2.45, 2.75) is 37.3 Å². The van der Waals surface area contributed by atoms with Gasteiger partial charge in [-0.1, -0.05) is 41.4 Å². The van der Waals surface area contributed by atoms with Crippen LogP contribution in [0.25, 0.3) is 0 Å². The maximum atomic E-state index is 15.9. The summed E-state index contributed by atoms with van der Waals surface area (Å²) in [4.78, 5) is 55.7. The van der Waals surface area contributed by atoms with Gasteiger partial charge in [-0.25, -0.2) is 9.18 Å². The molecule has 2 amide bonds. The zero-order valence-electron chi connectivity index (χ0n) is 24.3. The summed E-state index contributed by atoms with van der Waals surface area (Å²) in [6.45, 7) is 2.18. The van der Waals surface area contributed by atoms with Crippen LogP contribution in [0.4, 0.5) is 21.5 Å². The Bertz CT molecular complexity index is 1740. The molecular formula is C32H29Cl2FN4O6. The van der Waals surface area contributed by atoms with Gasteiger partial charge in [-0.05, 0) is 67.6 Å². The minimum Gasteiger partial charge on any atom is -0.465 e. The van der Waals surface area contributed by atoms with Gasteiger partial charge in [-0.15, -0.1) is 0 Å². The Hall–Kier alpha value is -4.06. The lowest BCUT2D eigenvalue weighted by atomic mass is 9.74. The Balaban J connectivity index is 1.48. The van der Waals surface area contributed by atoms with Crippen LogP contribution < -0.4 is 10.2 Å². The van der Waals surface area contributed by atoms with Crippen LogP contribution in [0, 0.1) is 27.8 Å². The molecule has 2 aliphatic heterocycles. The molecule has 1 N–H and O–H groups in total. The number of nitro groups is 1. The molecule has 0 radical (unpaired) electrons. The van der Waals surface area contributed by atoms with Crippen molar-refractivity contribution in [3.8, 4) is 0 Å². The number of nitro benzene ring substituents is 1. The molecule has 0 bridgehead atoms. The number of carbonyl (C=O) groups excluding carboxylic acids is 3. The van der Waals surface area contributed by atoms with Crippen molar-refractivity contribution in [2.24, 2.45) is 11.8 Å². The lowest BCUT2D eigenvalue weighted by Crippen LogP contribution is -2.57. The number of methoxy groups -OCH3 is 1. The first kappa shape index (κ1) is 30.9. The summed E-state index contributed by atoms with van der Waals surface area (Å²) in [6, 6.07) is 14.3. The fraction of sp³-hybridized carbons (Fsp3) is 0.344. The highest BCUT2D eigenvalue weighted by Gasteiger charge is 2.67. The van der Waals surface area contributed by atoms with Crippen LogP contribution in [-0.4, -0.2) is 59.4 Å². The van der Waals surface area contributed by atoms with Crippen LogP contribution in [0.1, 0.15) is 41.6 Å². The molecule has 234 valence electrons. The zero-order chi connectivity index (χ0) is 32.2. The summed E-state index contributed by atoms with van der Waals surface area (Å²) >= 11 is 12.4. The molecule has 4 atom stereocenters. The summed E-state index contributed by atoms with van der Waals surface area (Å²) in [6.07, 6.45) is 1.88. The largest absolute Gasteiger partial charge is 0.465 e. The maximum Gasteiger partial charge on any atom is 0.338 e. The number of hydrogen-bond acceptors (Lipinski definition) is 7. The number of nitrogens with zero attached hydrogens (tertiary/aromatic N) is 3. The number of anilines is 2. The summed E-state index contributed by atoms with van der Waals surface area (Å²) in [5.41, 5.74) is -1.38. The van der Waals surface area contributed by atoms with Crippen LogP contribution in [0.2, 0.25) is 10.0 Å². The normalized spacial score (nSPS) is 24.4. The van der Waals surface area contributed by atoms with Crippen LogP contribution in [0.5, 0.6) is 0 Å². The molecule has 2 saturated heterocycles. The van der Waals surface area contributed by atoms with E-state index in [1.165, 1.54) is 29.2 Å². The minimum atomic E-state index is -1.42. The number of esters is 1. The molecule has 3 fully saturated rings. The Morgan fingerprint density at radius 1 is 1.13 bits per heavy atom. The summed E-state index contributed by atoms with van der Waals surface area (Å²) in [5, 5.41) is 15.3. The van der Waals surface area contributed by atoms with E-state index in [4.69, 9.17) is 27.9 Å². The smallest absolute Gasteiger partial charge is 0.338 e. The molecule has 0 spiro atoms. The number of rotatable bonds is 8. The van der Waals surface area contributed by atoms with Crippen LogP contribution in [0.15, 0.2) is 60.7 Å². The van der Waals surface area contributed by atoms with E-state index in [2.05, 4.69) is 5.32 Å². The van der Waals surface area contributed by atoms with E-state index in [0.717, 1.165) is 26.0 Å². The van der Waals surface area contributed by atoms with E-state index in [1.54, 1.807) is 37.3 Å². The Morgan fingerprint density at radius 2 is 1.87 bits per heavy atom. The molecule has 3 aromatic carbocycles. The molecule has 0 aromatic heterocycles. The second-order valence-electron chi connectivity index (χ2n) is 11.8. The molecule has 3 aromatic rings. The standard InChI is InChI=1S/C32H29Cl2FN4O6/c1-32(31(42)36-20-6-3-5-19(33)14-20)27(21-7-4-8-22(34)28(21)35)26-25(38(32)15-17-9-10-17)16-37(29(26)40)23-12-11-18(30(41)45-2)13-24(23)39(43)44/h3-8,11-14,17,25-27H,9-10,15-16H2,1-2H3,(H,36,42)/t25-,26+,27-,32+/m0/s1. The van der Waals surface area contributed by atoms with Gasteiger partial charge >= 0.3 is 5.97 Å². The number of benzene rings is 3. The number of ether oxygens (including phenoxy) is 1. The number of hydrogen-bond donors (Lipinski definition) is 1. The number of fused-ring (bicyclic) bond motifs is 1. The summed E-state index contributed by atoms with van der Waals surface area (Å²) in [5.74, 6) is -4.14. The fourth-order valence-electron chi connectivity index (χ4n) is 6.88. The third-order valence-corrected chi connectivity index (χ3v) is 9.72. The van der Waals surface area contributed by atoms with Crippen LogP contribution >= 0.6 is 23.2 Å². The highest BCUT2D eigenvalue weighted by molar-refractivity contribution is 6.31. The molecule has 45 heavy (non-hydrogen) atoms. The van der Waals surface area contributed by atoms with Gasteiger partial charge < -0.3 is 15.0 Å². The first-order valence-corrected chi connectivity index (χ1v) is 15.2. The zero-order valence-corrected chi connectivity index (χ0v) is 25.8. The first-order chi connectivity index (χ1) is 21.4. The SMILES string of the molecule is COC(=O)c1ccc(N2C[C@H]3[C@@H](C2=O)[C@H](c2cccc(Cl)c2F)[C@](C)(C(=O)Nc2cccc(Cl)c2)N3CC2CC2)c([N+](=O)[O-])c1. The molecule has 2 heterocycles. The van der Waals surface area contributed by atoms with Crippen molar-refractivity contribution in [1.82, 2.24) is 4.90 Å². The van der Waals surface area contributed by atoms with E-state index in [1.807, 2.05) is 4.90 Å². The van der Waals surface area contributed by atoms with Gasteiger partial charge in [0.05, 0.1) is 28.5 Å². The van der Waals surface area contributed by atoms with Crippen molar-refractivity contribution in [1.29, 1.82) is 0 Å². The van der Waals surface area contributed by atoms with Crippen LogP contribution in [-0.2, 0) is 14.3 Å². The Kier molecular flexibility index (Phi) is 8.05. The van der Waals surface area contributed by atoms with Crippen molar-refractivity contribution >= 4 is 58.0 Å². The van der Waals surface area contributed by atoms with E-state index in [9.17, 15) is 24.5 Å². The van der Waals surface area contributed by atoms with E-state index in [0.29, 0.717) is 17.3 Å². The molecule has 3 aliphatic rings. The second-order valence-corrected chi connectivity index (χ2v) is 12.7. The number of nitrogens with one attached hydrogen (secondary N) is 1. The molecule has 13 heteroatoms. The molecule has 10 nitrogen and oxygen atoms in total. The predicted octanol–water partition coefficient (Wildman–Crippen LogP) is 6.07. The van der Waals surface area contributed by atoms with E-state index < -0.39 is 57.6 Å². The van der Waals surface area contributed by atoms with Gasteiger partial charge in [0.1, 0.15) is 17.0 Å². The van der Waals surface area contributed by atoms with E-state index >= 15 is 4.39 Å². The van der Waals surface area contributed by atoms with Crippen molar-refractivity contribution in [3.05, 3.63) is 97.8 Å². The highest BCUT2D eigenvalue weighted by Crippen LogP contribution is 2.56. The Labute approximate surface area is 268 Å². The maximum absolute atomic E-state index is 15.9. The highest BCUT2D eigenvalue weighted by atomic mass is 35.5. The number of amides is 2. The van der Waals surface area contributed by atoms with Gasteiger partial charge in [0.2, 0.25) is 11.8 Å². The molecule has 1 saturated carbocycles. The third-order valence-electron chi connectivity index (χ3n) is 9.19. The van der Waals surface area contributed by atoms with Crippen molar-refractivity contribution in [2.75, 3.05) is 30.4 Å². The predicted molar refractivity (Wildman–Crippen MR) is 166 cm³/mol. The number of likely N-dealkylation sites (tertiary alicyclic amines) is 1. The van der Waals surface area contributed by atoms with Gasteiger partial charge in [-0.2, -0.15) is 0 Å². The Morgan fingerprint density at radius 3 is 2.53 bits per heavy atom. The quantitative estimate of drug-likeness (QED) is 0.178. The average Bonchev–Trinajstić information content (AvgIpc) is 3.73. The van der Waals surface area contributed by atoms with Gasteiger partial charge in [0.25, 0.3) is 5.69 Å². The second kappa shape index (κ2) is 11.7. The molecule has 0 unspecified atom stereocenters. The van der Waals surface area contributed by atoms with Crippen LogP contribution in [0.3, 0.4) is 0 Å². The summed E-state index contributed by atoms with van der Waals surface area (Å²) < 4.78 is 20.6. The van der Waals surface area contributed by atoms with E-state index in [-0.39, 0.29) is 34.3 Å². The minimum absolute atomic E-state index is 0.00572. The lowest BCUT2D eigenvalue weighted by molar-refractivity contribution is -0.384. The monoisotopic (exact) mass is 654 g/mol. The van der Waals surface area contributed by atoms with Crippen molar-refractivity contribution < 1.29 is 28.4 Å². The third kappa shape index (κ3) is 5.32. The number of halogens is 3. The number of carbonyl (C=O) groups is 3. The summed E-state index contributed by atoms with van der Waals surface area (Å²) in [7, 11) is 1.16. The average molecular weight is 656 g/mol. The van der Waals surface area contributed by atoms with Gasteiger partial charge in [0.15, 0.2) is 0 Å². The van der Waals surface area contributed by atoms with Crippen molar-refractivity contribution in [3.63, 3.8) is 0 Å². The molecule has 6 rings (SSSR count). The van der Waals surface area contributed by atoms with Gasteiger partial charge in [-0.3, -0.25) is 24.6 Å². The topological polar surface area (TPSA) is 122 Å². The molecule has 1 aliphatic carbocycles. The fourth-order valence-corrected chi connectivity index (χ4v) is 7.25.